The predicted molar refractivity (Wildman–Crippen MR) is 71.2 cm³/mol. The second kappa shape index (κ2) is 6.57. The smallest absolute Gasteiger partial charge is 0.145 e. The average molecular weight is 291 g/mol. The molecule has 2 N–H and O–H groups in total. The molecule has 0 saturated carbocycles. The van der Waals surface area contributed by atoms with Gasteiger partial charge in [0.25, 0.3) is 0 Å². The summed E-state index contributed by atoms with van der Waals surface area (Å²) in [4.78, 5) is 0. The lowest BCUT2D eigenvalue weighted by atomic mass is 10.2. The van der Waals surface area contributed by atoms with Crippen molar-refractivity contribution in [3.05, 3.63) is 34.4 Å². The van der Waals surface area contributed by atoms with E-state index in [1.165, 1.54) is 6.20 Å². The first-order chi connectivity index (χ1) is 8.21. The number of benzene rings is 1. The van der Waals surface area contributed by atoms with E-state index in [9.17, 15) is 0 Å². The summed E-state index contributed by atoms with van der Waals surface area (Å²) in [6, 6.07) is 9.30. The quantitative estimate of drug-likeness (QED) is 0.835. The Morgan fingerprint density at radius 2 is 2.06 bits per heavy atom. The Morgan fingerprint density at radius 1 is 1.35 bits per heavy atom. The number of hydrogen-bond donors (Lipinski definition) is 2. The molecule has 0 unspecified atom stereocenters. The van der Waals surface area contributed by atoms with Crippen molar-refractivity contribution in [2.24, 2.45) is 0 Å². The molecule has 0 aliphatic rings. The third kappa shape index (κ3) is 3.82. The van der Waals surface area contributed by atoms with E-state index in [0.29, 0.717) is 0 Å². The first-order valence-electron chi connectivity index (χ1n) is 5.01. The molecular weight excluding hydrogens is 280 g/mol. The van der Waals surface area contributed by atoms with Crippen molar-refractivity contribution in [3.8, 4) is 12.1 Å². The Morgan fingerprint density at radius 3 is 2.65 bits per heavy atom. The number of anilines is 2. The zero-order chi connectivity index (χ0) is 12.7. The molecule has 1 aromatic rings. The summed E-state index contributed by atoms with van der Waals surface area (Å²) in [5.41, 5.74) is 1.76. The maximum absolute atomic E-state index is 8.63. The first-order valence-corrected chi connectivity index (χ1v) is 5.81. The minimum absolute atomic E-state index is 0.0347. The SMILES string of the molecule is CCNc1ccc(Br)cc1NC=C(C#N)C#N. The molecule has 0 saturated heterocycles. The summed E-state index contributed by atoms with van der Waals surface area (Å²) in [5.74, 6) is 0. The third-order valence-electron chi connectivity index (χ3n) is 1.96. The normalized spacial score (nSPS) is 8.71. The molecule has 0 bridgehead atoms. The topological polar surface area (TPSA) is 71.6 Å². The second-order valence-corrected chi connectivity index (χ2v) is 4.06. The second-order valence-electron chi connectivity index (χ2n) is 3.15. The van der Waals surface area contributed by atoms with Crippen LogP contribution < -0.4 is 10.6 Å². The van der Waals surface area contributed by atoms with Crippen LogP contribution in [-0.2, 0) is 0 Å². The van der Waals surface area contributed by atoms with Gasteiger partial charge in [-0.05, 0) is 25.1 Å². The van der Waals surface area contributed by atoms with E-state index in [1.54, 1.807) is 12.1 Å². The van der Waals surface area contributed by atoms with E-state index >= 15 is 0 Å². The molecule has 86 valence electrons. The van der Waals surface area contributed by atoms with Crippen LogP contribution in [-0.4, -0.2) is 6.54 Å². The van der Waals surface area contributed by atoms with E-state index in [4.69, 9.17) is 10.5 Å². The van der Waals surface area contributed by atoms with Gasteiger partial charge in [0.15, 0.2) is 0 Å². The van der Waals surface area contributed by atoms with Gasteiger partial charge in [-0.25, -0.2) is 0 Å². The Balaban J connectivity index is 2.97. The van der Waals surface area contributed by atoms with E-state index in [-0.39, 0.29) is 5.57 Å². The monoisotopic (exact) mass is 290 g/mol. The lowest BCUT2D eigenvalue weighted by Crippen LogP contribution is -2.01. The summed E-state index contributed by atoms with van der Waals surface area (Å²) in [6.45, 7) is 2.79. The Bertz CT molecular complexity index is 492. The number of rotatable bonds is 4. The minimum atomic E-state index is 0.0347. The fourth-order valence-electron chi connectivity index (χ4n) is 1.22. The lowest BCUT2D eigenvalue weighted by molar-refractivity contribution is 1.21. The lowest BCUT2D eigenvalue weighted by Gasteiger charge is -2.10. The molecule has 0 heterocycles. The van der Waals surface area contributed by atoms with Crippen LogP contribution in [0.25, 0.3) is 0 Å². The average Bonchev–Trinajstić information content (AvgIpc) is 2.34. The summed E-state index contributed by atoms with van der Waals surface area (Å²) in [6.07, 6.45) is 1.39. The molecule has 0 aliphatic carbocycles. The fourth-order valence-corrected chi connectivity index (χ4v) is 1.58. The van der Waals surface area contributed by atoms with Crippen LogP contribution >= 0.6 is 15.9 Å². The molecule has 0 spiro atoms. The molecular formula is C12H11BrN4. The van der Waals surface area contributed by atoms with Crippen LogP contribution in [0.1, 0.15) is 6.92 Å². The van der Waals surface area contributed by atoms with Crippen molar-refractivity contribution in [2.75, 3.05) is 17.2 Å². The number of hydrogen-bond acceptors (Lipinski definition) is 4. The molecule has 17 heavy (non-hydrogen) atoms. The highest BCUT2D eigenvalue weighted by Gasteiger charge is 2.01. The third-order valence-corrected chi connectivity index (χ3v) is 2.46. The Kier molecular flexibility index (Phi) is 5.06. The van der Waals surface area contributed by atoms with Crippen LogP contribution in [0, 0.1) is 22.7 Å². The summed E-state index contributed by atoms with van der Waals surface area (Å²) in [7, 11) is 0. The molecule has 0 aliphatic heterocycles. The van der Waals surface area contributed by atoms with Crippen LogP contribution in [0.15, 0.2) is 34.4 Å². The molecule has 1 aromatic carbocycles. The molecule has 0 aromatic heterocycles. The standard InChI is InChI=1S/C12H11BrN4/c1-2-16-11-4-3-10(13)5-12(11)17-8-9(6-14)7-15/h3-5,8,16-17H,2H2,1H3. The van der Waals surface area contributed by atoms with Gasteiger partial charge in [-0.3, -0.25) is 0 Å². The zero-order valence-electron chi connectivity index (χ0n) is 9.29. The van der Waals surface area contributed by atoms with Crippen molar-refractivity contribution in [1.29, 1.82) is 10.5 Å². The summed E-state index contributed by atoms with van der Waals surface area (Å²) in [5, 5.41) is 23.4. The van der Waals surface area contributed by atoms with Crippen LogP contribution in [0.4, 0.5) is 11.4 Å². The number of halogens is 1. The molecule has 0 amide bonds. The van der Waals surface area contributed by atoms with Crippen molar-refractivity contribution in [2.45, 2.75) is 6.92 Å². The molecule has 5 heteroatoms. The minimum Gasteiger partial charge on any atom is -0.384 e. The fraction of sp³-hybridized carbons (Fsp3) is 0.167. The summed E-state index contributed by atoms with van der Waals surface area (Å²) >= 11 is 3.37. The highest BCUT2D eigenvalue weighted by Crippen LogP contribution is 2.26. The van der Waals surface area contributed by atoms with Gasteiger partial charge in [0.05, 0.1) is 11.4 Å². The van der Waals surface area contributed by atoms with Crippen LogP contribution in [0.5, 0.6) is 0 Å². The number of allylic oxidation sites excluding steroid dienone is 1. The van der Waals surface area contributed by atoms with E-state index in [1.807, 2.05) is 25.1 Å². The van der Waals surface area contributed by atoms with Gasteiger partial charge in [0.1, 0.15) is 17.7 Å². The largest absolute Gasteiger partial charge is 0.384 e. The van der Waals surface area contributed by atoms with Crippen molar-refractivity contribution < 1.29 is 0 Å². The van der Waals surface area contributed by atoms with Gasteiger partial charge in [-0.2, -0.15) is 10.5 Å². The van der Waals surface area contributed by atoms with E-state index in [2.05, 4.69) is 26.6 Å². The highest BCUT2D eigenvalue weighted by atomic mass is 79.9. The van der Waals surface area contributed by atoms with Crippen LogP contribution in [0.2, 0.25) is 0 Å². The van der Waals surface area contributed by atoms with E-state index < -0.39 is 0 Å². The van der Waals surface area contributed by atoms with Crippen molar-refractivity contribution in [3.63, 3.8) is 0 Å². The van der Waals surface area contributed by atoms with Crippen molar-refractivity contribution >= 4 is 27.3 Å². The van der Waals surface area contributed by atoms with Gasteiger partial charge in [-0.15, -0.1) is 0 Å². The number of nitrogens with zero attached hydrogens (tertiary/aromatic N) is 2. The van der Waals surface area contributed by atoms with Gasteiger partial charge in [0, 0.05) is 17.2 Å². The van der Waals surface area contributed by atoms with Gasteiger partial charge >= 0.3 is 0 Å². The maximum Gasteiger partial charge on any atom is 0.145 e. The van der Waals surface area contributed by atoms with Gasteiger partial charge in [-0.1, -0.05) is 15.9 Å². The molecule has 0 radical (unpaired) electrons. The maximum atomic E-state index is 8.63. The van der Waals surface area contributed by atoms with E-state index in [0.717, 1.165) is 22.4 Å². The molecule has 1 rings (SSSR count). The van der Waals surface area contributed by atoms with Gasteiger partial charge < -0.3 is 10.6 Å². The molecule has 0 fully saturated rings. The van der Waals surface area contributed by atoms with Crippen LogP contribution in [0.3, 0.4) is 0 Å². The molecule has 4 nitrogen and oxygen atoms in total. The van der Waals surface area contributed by atoms with Gasteiger partial charge in [0.2, 0.25) is 0 Å². The predicted octanol–water partition coefficient (Wildman–Crippen LogP) is 3.22. The zero-order valence-corrected chi connectivity index (χ0v) is 10.9. The highest BCUT2D eigenvalue weighted by molar-refractivity contribution is 9.10. The number of nitrogens with one attached hydrogen (secondary N) is 2. The summed E-state index contributed by atoms with van der Waals surface area (Å²) < 4.78 is 0.922. The Hall–Kier alpha value is -1.98. The molecule has 0 atom stereocenters. The van der Waals surface area contributed by atoms with Crippen molar-refractivity contribution in [1.82, 2.24) is 0 Å². The number of nitriles is 2. The Labute approximate surface area is 109 Å². The first kappa shape index (κ1) is 13.1.